The van der Waals surface area contributed by atoms with Crippen LogP contribution in [0.3, 0.4) is 0 Å². The second-order valence-corrected chi connectivity index (χ2v) is 4.64. The summed E-state index contributed by atoms with van der Waals surface area (Å²) in [6, 6.07) is 7.54. The number of unbranched alkanes of at least 4 members (excludes halogenated alkanes) is 1. The zero-order valence-electron chi connectivity index (χ0n) is 10.3. The number of halogens is 4. The molecule has 0 aliphatic carbocycles. The first-order valence-electron chi connectivity index (χ1n) is 6.08. The van der Waals surface area contributed by atoms with Crippen LogP contribution >= 0.6 is 11.6 Å². The predicted octanol–water partition coefficient (Wildman–Crippen LogP) is 4.51. The van der Waals surface area contributed by atoms with Gasteiger partial charge in [-0.25, -0.2) is 4.98 Å². The van der Waals surface area contributed by atoms with Crippen LogP contribution in [0.2, 0.25) is 0 Å². The average Bonchev–Trinajstić information content (AvgIpc) is 2.71. The van der Waals surface area contributed by atoms with Crippen LogP contribution in [0.4, 0.5) is 13.2 Å². The molecule has 2 aromatic rings. The molecule has 0 radical (unpaired) electrons. The Balaban J connectivity index is 2.07. The summed E-state index contributed by atoms with van der Waals surface area (Å²) >= 11 is 5.83. The molecule has 0 N–H and O–H groups in total. The number of imidazole rings is 1. The van der Waals surface area contributed by atoms with Gasteiger partial charge in [0.25, 0.3) is 0 Å². The third-order valence-corrected chi connectivity index (χ3v) is 3.18. The monoisotopic (exact) mass is 290 g/mol. The Morgan fingerprint density at radius 1 is 1.16 bits per heavy atom. The van der Waals surface area contributed by atoms with Gasteiger partial charge in [-0.05, 0) is 25.0 Å². The van der Waals surface area contributed by atoms with Gasteiger partial charge in [0.1, 0.15) is 5.82 Å². The molecule has 0 bridgehead atoms. The molecule has 0 saturated carbocycles. The first kappa shape index (κ1) is 14.2. The minimum Gasteiger partial charge on any atom is -0.327 e. The standard InChI is InChI=1S/C13H14ClF3N2/c14-9-12-18-10-5-1-2-6-11(10)19(12)8-4-3-7-13(15,16)17/h1-2,5-6H,3-4,7-9H2. The molecule has 104 valence electrons. The number of benzene rings is 1. The van der Waals surface area contributed by atoms with E-state index in [2.05, 4.69) is 4.98 Å². The van der Waals surface area contributed by atoms with E-state index in [0.29, 0.717) is 18.8 Å². The highest BCUT2D eigenvalue weighted by molar-refractivity contribution is 6.16. The summed E-state index contributed by atoms with van der Waals surface area (Å²) in [4.78, 5) is 4.37. The summed E-state index contributed by atoms with van der Waals surface area (Å²) in [5.41, 5.74) is 1.75. The van der Waals surface area contributed by atoms with Crippen molar-refractivity contribution in [1.82, 2.24) is 9.55 Å². The minimum atomic E-state index is -4.08. The highest BCUT2D eigenvalue weighted by atomic mass is 35.5. The van der Waals surface area contributed by atoms with Crippen molar-refractivity contribution in [3.05, 3.63) is 30.1 Å². The van der Waals surface area contributed by atoms with Crippen LogP contribution in [0.15, 0.2) is 24.3 Å². The average molecular weight is 291 g/mol. The number of hydrogen-bond acceptors (Lipinski definition) is 1. The normalized spacial score (nSPS) is 12.2. The molecular formula is C13H14ClF3N2. The molecule has 6 heteroatoms. The number of fused-ring (bicyclic) bond motifs is 1. The Morgan fingerprint density at radius 3 is 2.58 bits per heavy atom. The molecule has 0 fully saturated rings. The molecule has 2 nitrogen and oxygen atoms in total. The zero-order chi connectivity index (χ0) is 13.9. The second-order valence-electron chi connectivity index (χ2n) is 4.37. The quantitative estimate of drug-likeness (QED) is 0.585. The lowest BCUT2D eigenvalue weighted by atomic mass is 10.2. The van der Waals surface area contributed by atoms with E-state index in [1.807, 2.05) is 28.8 Å². The zero-order valence-corrected chi connectivity index (χ0v) is 11.0. The van der Waals surface area contributed by atoms with Crippen LogP contribution in [0.1, 0.15) is 25.1 Å². The maximum Gasteiger partial charge on any atom is 0.389 e. The highest BCUT2D eigenvalue weighted by Crippen LogP contribution is 2.23. The molecule has 0 amide bonds. The van der Waals surface area contributed by atoms with Gasteiger partial charge in [-0.2, -0.15) is 13.2 Å². The fraction of sp³-hybridized carbons (Fsp3) is 0.462. The van der Waals surface area contributed by atoms with Crippen LogP contribution in [0.25, 0.3) is 11.0 Å². The maximum atomic E-state index is 12.1. The molecular weight excluding hydrogens is 277 g/mol. The Morgan fingerprint density at radius 2 is 1.89 bits per heavy atom. The third kappa shape index (κ3) is 3.62. The largest absolute Gasteiger partial charge is 0.389 e. The third-order valence-electron chi connectivity index (χ3n) is 2.95. The van der Waals surface area contributed by atoms with Gasteiger partial charge in [0, 0.05) is 13.0 Å². The summed E-state index contributed by atoms with van der Waals surface area (Å²) in [5.74, 6) is 0.961. The van der Waals surface area contributed by atoms with Crippen LogP contribution in [0.5, 0.6) is 0 Å². The molecule has 0 saturated heterocycles. The van der Waals surface area contributed by atoms with Gasteiger partial charge in [-0.1, -0.05) is 12.1 Å². The van der Waals surface area contributed by atoms with E-state index in [-0.39, 0.29) is 12.3 Å². The fourth-order valence-electron chi connectivity index (χ4n) is 2.07. The van der Waals surface area contributed by atoms with Crippen LogP contribution in [-0.2, 0) is 12.4 Å². The van der Waals surface area contributed by atoms with E-state index in [9.17, 15) is 13.2 Å². The number of aryl methyl sites for hydroxylation is 1. The Labute approximate surface area is 114 Å². The molecule has 0 spiro atoms. The van der Waals surface area contributed by atoms with Crippen molar-refractivity contribution in [3.63, 3.8) is 0 Å². The van der Waals surface area contributed by atoms with E-state index in [1.54, 1.807) is 0 Å². The molecule has 1 heterocycles. The van der Waals surface area contributed by atoms with Gasteiger partial charge in [-0.15, -0.1) is 11.6 Å². The number of hydrogen-bond donors (Lipinski definition) is 0. The molecule has 19 heavy (non-hydrogen) atoms. The molecule has 0 unspecified atom stereocenters. The summed E-state index contributed by atoms with van der Waals surface area (Å²) in [7, 11) is 0. The highest BCUT2D eigenvalue weighted by Gasteiger charge is 2.25. The number of alkyl halides is 4. The summed E-state index contributed by atoms with van der Waals surface area (Å²) in [6.07, 6.45) is -4.23. The number of aromatic nitrogens is 2. The topological polar surface area (TPSA) is 17.8 Å². The molecule has 0 atom stereocenters. The number of nitrogens with zero attached hydrogens (tertiary/aromatic N) is 2. The van der Waals surface area contributed by atoms with Gasteiger partial charge in [0.15, 0.2) is 0 Å². The lowest BCUT2D eigenvalue weighted by Crippen LogP contribution is -2.08. The number of rotatable bonds is 5. The van der Waals surface area contributed by atoms with Gasteiger partial charge in [-0.3, -0.25) is 0 Å². The second kappa shape index (κ2) is 5.82. The number of para-hydroxylation sites is 2. The van der Waals surface area contributed by atoms with Crippen molar-refractivity contribution in [3.8, 4) is 0 Å². The van der Waals surface area contributed by atoms with Gasteiger partial charge >= 0.3 is 6.18 Å². The van der Waals surface area contributed by atoms with Crippen LogP contribution in [-0.4, -0.2) is 15.7 Å². The van der Waals surface area contributed by atoms with Gasteiger partial charge in [0.05, 0.1) is 16.9 Å². The van der Waals surface area contributed by atoms with Crippen molar-refractivity contribution in [2.24, 2.45) is 0 Å². The first-order chi connectivity index (χ1) is 9.01. The van der Waals surface area contributed by atoms with E-state index in [0.717, 1.165) is 11.0 Å². The van der Waals surface area contributed by atoms with Crippen molar-refractivity contribution in [1.29, 1.82) is 0 Å². The van der Waals surface area contributed by atoms with Crippen molar-refractivity contribution >= 4 is 22.6 Å². The van der Waals surface area contributed by atoms with E-state index >= 15 is 0 Å². The van der Waals surface area contributed by atoms with Crippen molar-refractivity contribution in [2.45, 2.75) is 37.9 Å². The Bertz CT molecular complexity index is 548. The first-order valence-corrected chi connectivity index (χ1v) is 6.61. The van der Waals surface area contributed by atoms with E-state index in [1.165, 1.54) is 0 Å². The van der Waals surface area contributed by atoms with E-state index in [4.69, 9.17) is 11.6 Å². The molecule has 1 aromatic heterocycles. The minimum absolute atomic E-state index is 0.123. The Kier molecular flexibility index (Phi) is 4.34. The molecule has 0 aliphatic rings. The van der Waals surface area contributed by atoms with Gasteiger partial charge < -0.3 is 4.57 Å². The predicted molar refractivity (Wildman–Crippen MR) is 69.2 cm³/mol. The SMILES string of the molecule is FC(F)(F)CCCCn1c(CCl)nc2ccccc21. The molecule has 1 aromatic carbocycles. The lowest BCUT2D eigenvalue weighted by molar-refractivity contribution is -0.135. The van der Waals surface area contributed by atoms with Crippen LogP contribution in [0, 0.1) is 0 Å². The van der Waals surface area contributed by atoms with Gasteiger partial charge in [0.2, 0.25) is 0 Å². The van der Waals surface area contributed by atoms with E-state index < -0.39 is 12.6 Å². The Hall–Kier alpha value is -1.23. The van der Waals surface area contributed by atoms with Crippen molar-refractivity contribution < 1.29 is 13.2 Å². The summed E-state index contributed by atoms with van der Waals surface area (Å²) < 4.78 is 38.1. The maximum absolute atomic E-state index is 12.1. The molecule has 0 aliphatic heterocycles. The van der Waals surface area contributed by atoms with Crippen molar-refractivity contribution in [2.75, 3.05) is 0 Å². The fourth-order valence-corrected chi connectivity index (χ4v) is 2.28. The molecule has 2 rings (SSSR count). The van der Waals surface area contributed by atoms with Crippen LogP contribution < -0.4 is 0 Å². The summed E-state index contributed by atoms with van der Waals surface area (Å²) in [5, 5.41) is 0. The lowest BCUT2D eigenvalue weighted by Gasteiger charge is -2.09. The smallest absolute Gasteiger partial charge is 0.327 e. The summed E-state index contributed by atoms with van der Waals surface area (Å²) in [6.45, 7) is 0.513.